The summed E-state index contributed by atoms with van der Waals surface area (Å²) in [5, 5.41) is 0. The minimum absolute atomic E-state index is 0.183. The molecule has 2 rings (SSSR count). The maximum atomic E-state index is 13.3. The summed E-state index contributed by atoms with van der Waals surface area (Å²) in [5.74, 6) is -4.37. The summed E-state index contributed by atoms with van der Waals surface area (Å²) in [4.78, 5) is 12.5. The van der Waals surface area contributed by atoms with Crippen molar-refractivity contribution in [3.63, 3.8) is 0 Å². The van der Waals surface area contributed by atoms with Crippen LogP contribution in [0.3, 0.4) is 0 Å². The Balaban J connectivity index is 2.16. The second kappa shape index (κ2) is 3.40. The summed E-state index contributed by atoms with van der Waals surface area (Å²) in [6.07, 6.45) is 0. The van der Waals surface area contributed by atoms with Crippen LogP contribution in [0.15, 0.2) is 18.2 Å². The number of hydrogen-bond acceptors (Lipinski definition) is 2. The van der Waals surface area contributed by atoms with Crippen LogP contribution >= 0.6 is 0 Å². The van der Waals surface area contributed by atoms with Crippen LogP contribution in [0.4, 0.5) is 18.9 Å². The highest BCUT2D eigenvalue weighted by Crippen LogP contribution is 2.28. The third-order valence-corrected chi connectivity index (χ3v) is 2.36. The van der Waals surface area contributed by atoms with Crippen LogP contribution in [-0.2, 0) is 0 Å². The fourth-order valence-corrected chi connectivity index (χ4v) is 1.53. The van der Waals surface area contributed by atoms with E-state index in [9.17, 15) is 18.0 Å². The Morgan fingerprint density at radius 3 is 2.50 bits per heavy atom. The van der Waals surface area contributed by atoms with Crippen molar-refractivity contribution in [2.24, 2.45) is 0 Å². The number of carbonyl (C=O) groups excluding carboxylic acids is 1. The fraction of sp³-hybridized carbons (Fsp3) is 0.300. The van der Waals surface area contributed by atoms with Gasteiger partial charge in [-0.15, -0.1) is 0 Å². The first-order valence-electron chi connectivity index (χ1n) is 4.61. The highest BCUT2D eigenvalue weighted by atomic mass is 19.3. The van der Waals surface area contributed by atoms with E-state index in [4.69, 9.17) is 5.73 Å². The van der Waals surface area contributed by atoms with Crippen molar-refractivity contribution >= 4 is 11.6 Å². The molecule has 0 atom stereocenters. The largest absolute Gasteiger partial charge is 0.399 e. The van der Waals surface area contributed by atoms with Gasteiger partial charge in [0.15, 0.2) is 0 Å². The molecule has 1 heterocycles. The monoisotopic (exact) mass is 230 g/mol. The lowest BCUT2D eigenvalue weighted by Crippen LogP contribution is -2.58. The number of halogens is 3. The van der Waals surface area contributed by atoms with Gasteiger partial charge in [-0.1, -0.05) is 0 Å². The summed E-state index contributed by atoms with van der Waals surface area (Å²) in [7, 11) is 0. The molecule has 0 saturated carbocycles. The first kappa shape index (κ1) is 10.8. The smallest absolute Gasteiger partial charge is 0.282 e. The third kappa shape index (κ3) is 1.82. The van der Waals surface area contributed by atoms with E-state index in [1.807, 2.05) is 0 Å². The average Bonchev–Trinajstić information content (AvgIpc) is 2.13. The van der Waals surface area contributed by atoms with Gasteiger partial charge >= 0.3 is 0 Å². The molecular formula is C10H9F3N2O. The van der Waals surface area contributed by atoms with Gasteiger partial charge in [-0.25, -0.2) is 13.2 Å². The van der Waals surface area contributed by atoms with Crippen molar-refractivity contribution in [3.05, 3.63) is 29.6 Å². The fourth-order valence-electron chi connectivity index (χ4n) is 1.53. The van der Waals surface area contributed by atoms with E-state index in [-0.39, 0.29) is 11.3 Å². The Kier molecular flexibility index (Phi) is 2.29. The molecule has 0 radical (unpaired) electrons. The standard InChI is InChI=1S/C10H9F3N2O/c11-8-3-6(14)1-2-7(8)9(16)15-4-10(12,13)5-15/h1-3H,4-5,14H2. The number of benzene rings is 1. The first-order valence-corrected chi connectivity index (χ1v) is 4.61. The van der Waals surface area contributed by atoms with E-state index in [1.54, 1.807) is 0 Å². The number of carbonyl (C=O) groups is 1. The van der Waals surface area contributed by atoms with Gasteiger partial charge in [-0.05, 0) is 18.2 Å². The minimum atomic E-state index is -2.85. The van der Waals surface area contributed by atoms with Crippen molar-refractivity contribution in [2.75, 3.05) is 18.8 Å². The molecule has 3 nitrogen and oxygen atoms in total. The van der Waals surface area contributed by atoms with Crippen LogP contribution in [0.5, 0.6) is 0 Å². The molecule has 2 N–H and O–H groups in total. The van der Waals surface area contributed by atoms with E-state index in [1.165, 1.54) is 12.1 Å². The highest BCUT2D eigenvalue weighted by Gasteiger charge is 2.46. The van der Waals surface area contributed by atoms with Gasteiger partial charge in [0.1, 0.15) is 5.82 Å². The Morgan fingerprint density at radius 1 is 1.38 bits per heavy atom. The second-order valence-corrected chi connectivity index (χ2v) is 3.76. The number of alkyl halides is 2. The molecule has 1 saturated heterocycles. The molecule has 1 aromatic rings. The summed E-state index contributed by atoms with van der Waals surface area (Å²) in [6.45, 7) is -1.31. The van der Waals surface area contributed by atoms with Crippen molar-refractivity contribution < 1.29 is 18.0 Å². The van der Waals surface area contributed by atoms with Crippen LogP contribution < -0.4 is 5.73 Å². The number of hydrogen-bond donors (Lipinski definition) is 1. The van der Waals surface area contributed by atoms with Crippen LogP contribution in [0.2, 0.25) is 0 Å². The number of nitrogens with two attached hydrogens (primary N) is 1. The molecule has 6 heteroatoms. The predicted molar refractivity (Wildman–Crippen MR) is 51.7 cm³/mol. The van der Waals surface area contributed by atoms with E-state index in [2.05, 4.69) is 0 Å². The zero-order valence-corrected chi connectivity index (χ0v) is 8.21. The Labute approximate surface area is 89.6 Å². The van der Waals surface area contributed by atoms with Crippen molar-refractivity contribution in [1.82, 2.24) is 4.90 Å². The maximum Gasteiger partial charge on any atom is 0.282 e. The minimum Gasteiger partial charge on any atom is -0.399 e. The lowest BCUT2D eigenvalue weighted by molar-refractivity contribution is -0.113. The Hall–Kier alpha value is -1.72. The van der Waals surface area contributed by atoms with E-state index in [0.717, 1.165) is 11.0 Å². The normalized spacial score (nSPS) is 18.1. The Bertz CT molecular complexity index is 440. The van der Waals surface area contributed by atoms with Crippen molar-refractivity contribution in [1.29, 1.82) is 0 Å². The molecule has 0 spiro atoms. The van der Waals surface area contributed by atoms with Gasteiger partial charge in [0.25, 0.3) is 11.8 Å². The molecule has 1 aliphatic heterocycles. The van der Waals surface area contributed by atoms with E-state index in [0.29, 0.717) is 0 Å². The molecule has 86 valence electrons. The summed E-state index contributed by atoms with van der Waals surface area (Å²) in [6, 6.07) is 3.54. The van der Waals surface area contributed by atoms with Crippen molar-refractivity contribution in [2.45, 2.75) is 5.92 Å². The molecular weight excluding hydrogens is 221 g/mol. The number of anilines is 1. The molecule has 1 aromatic carbocycles. The Morgan fingerprint density at radius 2 is 2.00 bits per heavy atom. The zero-order valence-electron chi connectivity index (χ0n) is 8.21. The molecule has 16 heavy (non-hydrogen) atoms. The van der Waals surface area contributed by atoms with Crippen LogP contribution in [0.1, 0.15) is 10.4 Å². The van der Waals surface area contributed by atoms with Gasteiger partial charge in [-0.3, -0.25) is 4.79 Å². The van der Waals surface area contributed by atoms with E-state index < -0.39 is 30.7 Å². The maximum absolute atomic E-state index is 13.3. The van der Waals surface area contributed by atoms with Gasteiger partial charge < -0.3 is 10.6 Å². The van der Waals surface area contributed by atoms with Gasteiger partial charge in [0, 0.05) is 5.69 Å². The summed E-state index contributed by atoms with van der Waals surface area (Å²) in [5.41, 5.74) is 5.26. The topological polar surface area (TPSA) is 46.3 Å². The number of likely N-dealkylation sites (tertiary alicyclic amines) is 1. The molecule has 0 aromatic heterocycles. The second-order valence-electron chi connectivity index (χ2n) is 3.76. The third-order valence-electron chi connectivity index (χ3n) is 2.36. The van der Waals surface area contributed by atoms with Crippen LogP contribution in [0, 0.1) is 5.82 Å². The quantitative estimate of drug-likeness (QED) is 0.743. The molecule has 1 aliphatic rings. The average molecular weight is 230 g/mol. The van der Waals surface area contributed by atoms with Crippen LogP contribution in [-0.4, -0.2) is 29.8 Å². The first-order chi connectivity index (χ1) is 7.39. The lowest BCUT2D eigenvalue weighted by Gasteiger charge is -2.38. The molecule has 0 bridgehead atoms. The molecule has 0 unspecified atom stereocenters. The summed E-state index contributed by atoms with van der Waals surface area (Å²) >= 11 is 0. The highest BCUT2D eigenvalue weighted by molar-refractivity contribution is 5.95. The zero-order chi connectivity index (χ0) is 11.9. The molecule has 1 fully saturated rings. The van der Waals surface area contributed by atoms with Gasteiger partial charge in [-0.2, -0.15) is 0 Å². The van der Waals surface area contributed by atoms with Gasteiger partial charge in [0.05, 0.1) is 18.7 Å². The predicted octanol–water partition coefficient (Wildman–Crippen LogP) is 1.50. The number of nitrogen functional groups attached to an aromatic ring is 1. The SMILES string of the molecule is Nc1ccc(C(=O)N2CC(F)(F)C2)c(F)c1. The number of nitrogens with zero attached hydrogens (tertiary/aromatic N) is 1. The van der Waals surface area contributed by atoms with Gasteiger partial charge in [0.2, 0.25) is 0 Å². The molecule has 0 aliphatic carbocycles. The number of amides is 1. The van der Waals surface area contributed by atoms with E-state index >= 15 is 0 Å². The number of rotatable bonds is 1. The molecule has 1 amide bonds. The lowest BCUT2D eigenvalue weighted by atomic mass is 10.1. The summed E-state index contributed by atoms with van der Waals surface area (Å²) < 4.78 is 38.3. The van der Waals surface area contributed by atoms with Crippen LogP contribution in [0.25, 0.3) is 0 Å². The van der Waals surface area contributed by atoms with Crippen molar-refractivity contribution in [3.8, 4) is 0 Å².